The molecule has 0 heterocycles. The molecule has 1 aromatic carbocycles. The van der Waals surface area contributed by atoms with Crippen LogP contribution in [0.15, 0.2) is 29.2 Å². The van der Waals surface area contributed by atoms with Crippen molar-refractivity contribution >= 4 is 29.3 Å². The summed E-state index contributed by atoms with van der Waals surface area (Å²) in [7, 11) is 0. The Morgan fingerprint density at radius 3 is 2.62 bits per heavy atom. The average Bonchev–Trinajstić information content (AvgIpc) is 2.44. The average molecular weight is 310 g/mol. The predicted octanol–water partition coefficient (Wildman–Crippen LogP) is 2.53. The number of anilines is 1. The summed E-state index contributed by atoms with van der Waals surface area (Å²) in [5.74, 6) is -0.982. The number of nitrogens with zero attached hydrogens (tertiary/aromatic N) is 1. The lowest BCUT2D eigenvalue weighted by molar-refractivity contribution is -0.138. The first-order valence-electron chi connectivity index (χ1n) is 6.86. The number of carbonyl (C=O) groups excluding carboxylic acids is 1. The molecular weight excluding hydrogens is 288 g/mol. The van der Waals surface area contributed by atoms with Crippen LogP contribution in [0.3, 0.4) is 0 Å². The molecule has 6 heteroatoms. The Morgan fingerprint density at radius 2 is 2.05 bits per heavy atom. The SMILES string of the molecule is CCN(CC(=O)Nc1ccccc1SC)C(C)CC(=O)O. The number of carbonyl (C=O) groups is 2. The summed E-state index contributed by atoms with van der Waals surface area (Å²) in [4.78, 5) is 25.8. The second kappa shape index (κ2) is 8.69. The Kier molecular flexibility index (Phi) is 7.25. The van der Waals surface area contributed by atoms with Gasteiger partial charge in [-0.3, -0.25) is 14.5 Å². The van der Waals surface area contributed by atoms with E-state index in [0.29, 0.717) is 6.54 Å². The van der Waals surface area contributed by atoms with Gasteiger partial charge in [0.2, 0.25) is 5.91 Å². The van der Waals surface area contributed by atoms with E-state index in [-0.39, 0.29) is 24.9 Å². The minimum atomic E-state index is -0.853. The van der Waals surface area contributed by atoms with Gasteiger partial charge in [-0.15, -0.1) is 11.8 Å². The highest BCUT2D eigenvalue weighted by Crippen LogP contribution is 2.24. The molecule has 5 nitrogen and oxygen atoms in total. The summed E-state index contributed by atoms with van der Waals surface area (Å²) < 4.78 is 0. The normalized spacial score (nSPS) is 12.2. The quantitative estimate of drug-likeness (QED) is 0.722. The summed E-state index contributed by atoms with van der Waals surface area (Å²) in [6.07, 6.45) is 1.99. The maximum absolute atomic E-state index is 12.1. The number of aliphatic carboxylic acids is 1. The van der Waals surface area contributed by atoms with E-state index in [0.717, 1.165) is 10.6 Å². The number of rotatable bonds is 8. The number of thioether (sulfide) groups is 1. The smallest absolute Gasteiger partial charge is 0.304 e. The van der Waals surface area contributed by atoms with E-state index in [1.165, 1.54) is 0 Å². The van der Waals surface area contributed by atoms with Crippen molar-refractivity contribution in [2.75, 3.05) is 24.7 Å². The molecule has 0 aliphatic rings. The summed E-state index contributed by atoms with van der Waals surface area (Å²) in [5.41, 5.74) is 0.789. The minimum absolute atomic E-state index is 0.0303. The van der Waals surface area contributed by atoms with Crippen LogP contribution in [0.1, 0.15) is 20.3 Å². The third-order valence-electron chi connectivity index (χ3n) is 3.23. The van der Waals surface area contributed by atoms with E-state index < -0.39 is 5.97 Å². The van der Waals surface area contributed by atoms with Crippen molar-refractivity contribution in [1.82, 2.24) is 4.90 Å². The Balaban J connectivity index is 2.64. The second-order valence-corrected chi connectivity index (χ2v) is 5.61. The molecule has 1 amide bonds. The molecule has 0 saturated carbocycles. The van der Waals surface area contributed by atoms with Crippen LogP contribution in [0.4, 0.5) is 5.69 Å². The van der Waals surface area contributed by atoms with Crippen LogP contribution in [0.2, 0.25) is 0 Å². The molecule has 1 aromatic rings. The highest BCUT2D eigenvalue weighted by atomic mass is 32.2. The largest absolute Gasteiger partial charge is 0.481 e. The molecule has 2 N–H and O–H groups in total. The van der Waals surface area contributed by atoms with Gasteiger partial charge in [-0.05, 0) is 31.9 Å². The highest BCUT2D eigenvalue weighted by Gasteiger charge is 2.18. The van der Waals surface area contributed by atoms with Gasteiger partial charge >= 0.3 is 5.97 Å². The number of para-hydroxylation sites is 1. The van der Waals surface area contributed by atoms with Gasteiger partial charge in [0, 0.05) is 10.9 Å². The molecule has 1 unspecified atom stereocenters. The van der Waals surface area contributed by atoms with Crippen molar-refractivity contribution in [1.29, 1.82) is 0 Å². The number of nitrogens with one attached hydrogen (secondary N) is 1. The second-order valence-electron chi connectivity index (χ2n) is 4.76. The number of hydrogen-bond acceptors (Lipinski definition) is 4. The molecule has 0 aromatic heterocycles. The number of benzene rings is 1. The Bertz CT molecular complexity index is 494. The van der Waals surface area contributed by atoms with Gasteiger partial charge in [0.05, 0.1) is 18.7 Å². The first kappa shape index (κ1) is 17.5. The van der Waals surface area contributed by atoms with E-state index >= 15 is 0 Å². The maximum Gasteiger partial charge on any atom is 0.304 e. The fourth-order valence-electron chi connectivity index (χ4n) is 2.08. The fourth-order valence-corrected chi connectivity index (χ4v) is 2.64. The van der Waals surface area contributed by atoms with Gasteiger partial charge in [0.15, 0.2) is 0 Å². The topological polar surface area (TPSA) is 69.6 Å². The molecule has 0 fully saturated rings. The summed E-state index contributed by atoms with van der Waals surface area (Å²) >= 11 is 1.57. The lowest BCUT2D eigenvalue weighted by Crippen LogP contribution is -2.40. The van der Waals surface area contributed by atoms with E-state index in [2.05, 4.69) is 5.32 Å². The van der Waals surface area contributed by atoms with Gasteiger partial charge in [0.25, 0.3) is 0 Å². The van der Waals surface area contributed by atoms with E-state index in [1.54, 1.807) is 11.8 Å². The number of hydrogen-bond donors (Lipinski definition) is 2. The molecule has 0 aliphatic heterocycles. The van der Waals surface area contributed by atoms with E-state index in [4.69, 9.17) is 5.11 Å². The lowest BCUT2D eigenvalue weighted by atomic mass is 10.2. The molecule has 116 valence electrons. The first-order valence-corrected chi connectivity index (χ1v) is 8.09. The van der Waals surface area contributed by atoms with Gasteiger partial charge < -0.3 is 10.4 Å². The highest BCUT2D eigenvalue weighted by molar-refractivity contribution is 7.98. The van der Waals surface area contributed by atoms with Gasteiger partial charge in [-0.1, -0.05) is 19.1 Å². The van der Waals surface area contributed by atoms with Crippen LogP contribution in [0, 0.1) is 0 Å². The standard InChI is InChI=1S/C15H22N2O3S/c1-4-17(11(2)9-15(19)20)10-14(18)16-12-7-5-6-8-13(12)21-3/h5-8,11H,4,9-10H2,1-3H3,(H,16,18)(H,19,20). The third kappa shape index (κ3) is 5.77. The zero-order valence-electron chi connectivity index (χ0n) is 12.6. The first-order chi connectivity index (χ1) is 9.97. The zero-order chi connectivity index (χ0) is 15.8. The molecule has 0 saturated heterocycles. The third-order valence-corrected chi connectivity index (χ3v) is 4.02. The van der Waals surface area contributed by atoms with E-state index in [9.17, 15) is 9.59 Å². The summed E-state index contributed by atoms with van der Waals surface area (Å²) in [5, 5.41) is 11.7. The number of carboxylic acid groups (broad SMARTS) is 1. The number of likely N-dealkylation sites (N-methyl/N-ethyl adjacent to an activating group) is 1. The van der Waals surface area contributed by atoms with Crippen LogP contribution < -0.4 is 5.32 Å². The molecule has 21 heavy (non-hydrogen) atoms. The fraction of sp³-hybridized carbons (Fsp3) is 0.467. The predicted molar refractivity (Wildman–Crippen MR) is 85.8 cm³/mol. The van der Waals surface area contributed by atoms with Crippen LogP contribution in [-0.2, 0) is 9.59 Å². The Hall–Kier alpha value is -1.53. The molecule has 0 spiro atoms. The van der Waals surface area contributed by atoms with Crippen molar-refractivity contribution in [3.8, 4) is 0 Å². The van der Waals surface area contributed by atoms with Crippen molar-refractivity contribution < 1.29 is 14.7 Å². The number of amides is 1. The van der Waals surface area contributed by atoms with Crippen molar-refractivity contribution in [3.05, 3.63) is 24.3 Å². The van der Waals surface area contributed by atoms with Crippen LogP contribution in [0.25, 0.3) is 0 Å². The van der Waals surface area contributed by atoms with Gasteiger partial charge in [-0.2, -0.15) is 0 Å². The Morgan fingerprint density at radius 1 is 1.38 bits per heavy atom. The lowest BCUT2D eigenvalue weighted by Gasteiger charge is -2.26. The molecule has 1 rings (SSSR count). The van der Waals surface area contributed by atoms with Gasteiger partial charge in [0.1, 0.15) is 0 Å². The Labute approximate surface area is 129 Å². The van der Waals surface area contributed by atoms with Crippen LogP contribution in [-0.4, -0.2) is 47.3 Å². The van der Waals surface area contributed by atoms with Crippen LogP contribution >= 0.6 is 11.8 Å². The van der Waals surface area contributed by atoms with E-state index in [1.807, 2.05) is 49.3 Å². The summed E-state index contributed by atoms with van der Waals surface area (Å²) in [6, 6.07) is 7.44. The molecule has 0 bridgehead atoms. The van der Waals surface area contributed by atoms with Crippen LogP contribution in [0.5, 0.6) is 0 Å². The summed E-state index contributed by atoms with van der Waals surface area (Å²) in [6.45, 7) is 4.56. The van der Waals surface area contributed by atoms with Crippen molar-refractivity contribution in [2.24, 2.45) is 0 Å². The zero-order valence-corrected chi connectivity index (χ0v) is 13.4. The maximum atomic E-state index is 12.1. The molecule has 1 atom stereocenters. The molecular formula is C15H22N2O3S. The van der Waals surface area contributed by atoms with Crippen molar-refractivity contribution in [3.63, 3.8) is 0 Å². The molecule has 0 aliphatic carbocycles. The van der Waals surface area contributed by atoms with Gasteiger partial charge in [-0.25, -0.2) is 0 Å². The molecule has 0 radical (unpaired) electrons. The monoisotopic (exact) mass is 310 g/mol. The number of carboxylic acids is 1. The van der Waals surface area contributed by atoms with Crippen molar-refractivity contribution in [2.45, 2.75) is 31.2 Å². The minimum Gasteiger partial charge on any atom is -0.481 e.